The van der Waals surface area contributed by atoms with E-state index in [2.05, 4.69) is 10.3 Å². The summed E-state index contributed by atoms with van der Waals surface area (Å²) < 4.78 is 1.73. The molecule has 0 spiro atoms. The predicted molar refractivity (Wildman–Crippen MR) is 173 cm³/mol. The van der Waals surface area contributed by atoms with Crippen molar-refractivity contribution < 1.29 is 19.8 Å². The third-order valence-corrected chi connectivity index (χ3v) is 9.03. The van der Waals surface area contributed by atoms with Crippen LogP contribution in [0.5, 0.6) is 0 Å². The molecule has 2 amide bonds. The lowest BCUT2D eigenvalue weighted by Gasteiger charge is -2.28. The molecule has 3 atom stereocenters. The fourth-order valence-electron chi connectivity index (χ4n) is 6.25. The van der Waals surface area contributed by atoms with Crippen molar-refractivity contribution in [3.8, 4) is 0 Å². The molecule has 9 nitrogen and oxygen atoms in total. The lowest BCUT2D eigenvalue weighted by Crippen LogP contribution is -2.44. The maximum Gasteiger partial charge on any atom is 0.264 e. The highest BCUT2D eigenvalue weighted by Crippen LogP contribution is 2.46. The third-order valence-electron chi connectivity index (χ3n) is 8.80. The predicted octanol–water partition coefficient (Wildman–Crippen LogP) is 5.20. The van der Waals surface area contributed by atoms with E-state index in [1.165, 1.54) is 0 Å². The lowest BCUT2D eigenvalue weighted by atomic mass is 9.83. The zero-order valence-electron chi connectivity index (χ0n) is 25.1. The Labute approximate surface area is 267 Å². The fourth-order valence-corrected chi connectivity index (χ4v) is 6.42. The van der Waals surface area contributed by atoms with Crippen LogP contribution in [0.4, 0.5) is 11.4 Å². The van der Waals surface area contributed by atoms with Crippen molar-refractivity contribution in [2.75, 3.05) is 23.0 Å². The average molecular weight is 626 g/mol. The number of aryl methyl sites for hydroxylation is 1. The van der Waals surface area contributed by atoms with Crippen LogP contribution in [-0.2, 0) is 28.3 Å². The number of fused-ring (bicyclic) bond motifs is 1. The van der Waals surface area contributed by atoms with Gasteiger partial charge in [-0.3, -0.25) is 14.3 Å². The number of aliphatic hydroxyl groups excluding tert-OH is 1. The number of hydrogen-bond acceptors (Lipinski definition) is 6. The molecule has 0 bridgehead atoms. The first-order chi connectivity index (χ1) is 21.8. The lowest BCUT2D eigenvalue weighted by molar-refractivity contribution is -0.139. The van der Waals surface area contributed by atoms with Crippen LogP contribution in [0.15, 0.2) is 91.1 Å². The summed E-state index contributed by atoms with van der Waals surface area (Å²) in [5.74, 6) is -1.08. The average Bonchev–Trinajstić information content (AvgIpc) is 3.75. The van der Waals surface area contributed by atoms with Gasteiger partial charge >= 0.3 is 0 Å². The Kier molecular flexibility index (Phi) is 8.85. The minimum Gasteiger partial charge on any atom is -0.395 e. The maximum atomic E-state index is 13.9. The second kappa shape index (κ2) is 13.0. The third kappa shape index (κ3) is 6.03. The topological polar surface area (TPSA) is 112 Å². The van der Waals surface area contributed by atoms with E-state index in [4.69, 9.17) is 11.6 Å². The Morgan fingerprint density at radius 2 is 1.84 bits per heavy atom. The van der Waals surface area contributed by atoms with Crippen LogP contribution in [0.1, 0.15) is 54.5 Å². The van der Waals surface area contributed by atoms with Crippen molar-refractivity contribution >= 4 is 34.8 Å². The fraction of sp³-hybridized carbons (Fsp3) is 0.314. The molecule has 45 heavy (non-hydrogen) atoms. The van der Waals surface area contributed by atoms with Gasteiger partial charge in [0.2, 0.25) is 5.91 Å². The number of aliphatic hydroxyl groups is 2. The van der Waals surface area contributed by atoms with Crippen molar-refractivity contribution in [1.29, 1.82) is 0 Å². The highest BCUT2D eigenvalue weighted by atomic mass is 35.5. The SMILES string of the molecule is C[C@H](/C=C/CCn1cc(C(CO)c2ccccc2)nn1)[C@@]1(O)C(=O)N(Cc2ccc(N3CCCC3=O)cc2)c2ccc(Cl)cc21. The first kappa shape index (κ1) is 30.7. The maximum absolute atomic E-state index is 13.9. The van der Waals surface area contributed by atoms with Gasteiger partial charge in [-0.25, -0.2) is 0 Å². The summed E-state index contributed by atoms with van der Waals surface area (Å²) in [5, 5.41) is 30.9. The second-order valence-corrected chi connectivity index (χ2v) is 12.1. The quantitative estimate of drug-likeness (QED) is 0.222. The Bertz CT molecular complexity index is 1710. The summed E-state index contributed by atoms with van der Waals surface area (Å²) in [6, 6.07) is 22.5. The molecule has 1 fully saturated rings. The van der Waals surface area contributed by atoms with Crippen LogP contribution in [0, 0.1) is 5.92 Å². The number of carbonyl (C=O) groups excluding carboxylic acids is 2. The monoisotopic (exact) mass is 625 g/mol. The van der Waals surface area contributed by atoms with Crippen LogP contribution in [0.3, 0.4) is 0 Å². The number of halogens is 1. The van der Waals surface area contributed by atoms with Gasteiger partial charge in [-0.1, -0.05) is 78.4 Å². The van der Waals surface area contributed by atoms with Gasteiger partial charge in [0.15, 0.2) is 5.60 Å². The molecule has 3 aromatic carbocycles. The van der Waals surface area contributed by atoms with Gasteiger partial charge < -0.3 is 20.0 Å². The minimum absolute atomic E-state index is 0.0693. The Balaban J connectivity index is 1.14. The smallest absolute Gasteiger partial charge is 0.264 e. The molecule has 2 N–H and O–H groups in total. The van der Waals surface area contributed by atoms with Crippen molar-refractivity contribution in [2.45, 2.75) is 50.8 Å². The molecule has 232 valence electrons. The molecule has 10 heteroatoms. The molecule has 6 rings (SSSR count). The van der Waals surface area contributed by atoms with E-state index in [0.717, 1.165) is 23.2 Å². The van der Waals surface area contributed by atoms with Gasteiger partial charge in [0.05, 0.1) is 30.5 Å². The summed E-state index contributed by atoms with van der Waals surface area (Å²) in [5.41, 5.74) is 2.72. The van der Waals surface area contributed by atoms with Gasteiger partial charge in [-0.15, -0.1) is 5.10 Å². The molecule has 2 aliphatic rings. The van der Waals surface area contributed by atoms with Crippen LogP contribution >= 0.6 is 11.6 Å². The van der Waals surface area contributed by atoms with E-state index in [1.54, 1.807) is 32.7 Å². The van der Waals surface area contributed by atoms with Crippen molar-refractivity contribution in [1.82, 2.24) is 15.0 Å². The van der Waals surface area contributed by atoms with E-state index in [1.807, 2.05) is 79.9 Å². The molecule has 1 unspecified atom stereocenters. The standard InChI is InChI=1S/C35H36ClN5O4/c1-24(8-5-6-18-39-22-31(37-38-39)29(23-42)26-9-3-2-4-10-26)35(45)30-20-27(36)14-17-32(30)41(34(35)44)21-25-12-15-28(16-13-25)40-19-7-11-33(40)43/h2-5,8-10,12-17,20,22,24,29,42,45H,6-7,11,18-19,21,23H2,1H3/b8-5+/t24-,29?,35+/m1/s1. The number of hydrogen-bond donors (Lipinski definition) is 2. The molecule has 1 saturated heterocycles. The summed E-state index contributed by atoms with van der Waals surface area (Å²) in [7, 11) is 0. The number of aromatic nitrogens is 3. The highest BCUT2D eigenvalue weighted by molar-refractivity contribution is 6.31. The molecule has 1 aromatic heterocycles. The van der Waals surface area contributed by atoms with E-state index < -0.39 is 17.4 Å². The molecule has 2 aliphatic heterocycles. The van der Waals surface area contributed by atoms with E-state index in [-0.39, 0.29) is 25.0 Å². The van der Waals surface area contributed by atoms with Gasteiger partial charge in [0, 0.05) is 47.9 Å². The first-order valence-electron chi connectivity index (χ1n) is 15.3. The van der Waals surface area contributed by atoms with Crippen LogP contribution < -0.4 is 9.80 Å². The van der Waals surface area contributed by atoms with Crippen LogP contribution in [0.2, 0.25) is 5.02 Å². The van der Waals surface area contributed by atoms with Gasteiger partial charge in [0.25, 0.3) is 5.91 Å². The molecule has 0 aliphatic carbocycles. The zero-order valence-corrected chi connectivity index (χ0v) is 25.8. The number of rotatable bonds is 11. The number of nitrogens with zero attached hydrogens (tertiary/aromatic N) is 5. The summed E-state index contributed by atoms with van der Waals surface area (Å²) in [4.78, 5) is 29.5. The van der Waals surface area contributed by atoms with E-state index in [0.29, 0.717) is 47.9 Å². The van der Waals surface area contributed by atoms with Crippen molar-refractivity contribution in [2.24, 2.45) is 5.92 Å². The Morgan fingerprint density at radius 3 is 2.56 bits per heavy atom. The number of anilines is 2. The summed E-state index contributed by atoms with van der Waals surface area (Å²) >= 11 is 6.35. The number of benzene rings is 3. The van der Waals surface area contributed by atoms with Crippen LogP contribution in [-0.4, -0.2) is 50.2 Å². The molecule has 0 saturated carbocycles. The molecular formula is C35H36ClN5O4. The van der Waals surface area contributed by atoms with E-state index >= 15 is 0 Å². The molecular weight excluding hydrogens is 590 g/mol. The van der Waals surface area contributed by atoms with Gasteiger partial charge in [0.1, 0.15) is 0 Å². The zero-order chi connectivity index (χ0) is 31.6. The minimum atomic E-state index is -1.79. The van der Waals surface area contributed by atoms with Crippen molar-refractivity contribution in [3.05, 3.63) is 119 Å². The number of allylic oxidation sites excluding steroid dienone is 1. The van der Waals surface area contributed by atoms with Crippen molar-refractivity contribution in [3.63, 3.8) is 0 Å². The first-order valence-corrected chi connectivity index (χ1v) is 15.6. The number of carbonyl (C=O) groups is 2. The van der Waals surface area contributed by atoms with Gasteiger partial charge in [-0.2, -0.15) is 0 Å². The summed E-state index contributed by atoms with van der Waals surface area (Å²) in [6.07, 6.45) is 7.65. The normalized spacial score (nSPS) is 19.5. The number of amides is 2. The molecule has 0 radical (unpaired) electrons. The molecule has 4 aromatic rings. The molecule has 3 heterocycles. The Morgan fingerprint density at radius 1 is 1.07 bits per heavy atom. The van der Waals surface area contributed by atoms with E-state index in [9.17, 15) is 19.8 Å². The Hall–Kier alpha value is -4.31. The van der Waals surface area contributed by atoms with Gasteiger partial charge in [-0.05, 0) is 54.3 Å². The highest BCUT2D eigenvalue weighted by Gasteiger charge is 2.52. The largest absolute Gasteiger partial charge is 0.395 e. The summed E-state index contributed by atoms with van der Waals surface area (Å²) in [6.45, 7) is 3.29. The van der Waals surface area contributed by atoms with Crippen LogP contribution in [0.25, 0.3) is 0 Å². The second-order valence-electron chi connectivity index (χ2n) is 11.7.